The third-order valence-corrected chi connectivity index (χ3v) is 6.59. The highest BCUT2D eigenvalue weighted by molar-refractivity contribution is 5.66. The molecule has 3 rings (SSSR count). The zero-order valence-electron chi connectivity index (χ0n) is 20.6. The summed E-state index contributed by atoms with van der Waals surface area (Å²) in [6, 6.07) is 4.97. The van der Waals surface area contributed by atoms with Crippen molar-refractivity contribution in [1.29, 1.82) is 0 Å². The number of nitrogens with zero attached hydrogens (tertiary/aromatic N) is 12. The fourth-order valence-electron chi connectivity index (χ4n) is 5.01. The number of carbonyl (C=O) groups excluding carboxylic acids is 1. The zero-order chi connectivity index (χ0) is 28.4. The van der Waals surface area contributed by atoms with Gasteiger partial charge in [-0.1, -0.05) is 50.8 Å². The number of hydrogen-bond donors (Lipinski definition) is 1. The molecule has 1 aromatic carbocycles. The lowest BCUT2D eigenvalue weighted by Gasteiger charge is -2.50. The minimum absolute atomic E-state index is 0.0362. The molecule has 1 aromatic rings. The van der Waals surface area contributed by atoms with Crippen LogP contribution < -0.4 is 0 Å². The number of esters is 1. The molecular formula is C21H25FN12O5. The molecule has 0 bridgehead atoms. The topological polar surface area (TPSA) is 260 Å². The van der Waals surface area contributed by atoms with Crippen molar-refractivity contribution < 1.29 is 28.5 Å². The quantitative estimate of drug-likeness (QED) is 0.194. The average Bonchev–Trinajstić information content (AvgIpc) is 2.91. The van der Waals surface area contributed by atoms with Crippen molar-refractivity contribution in [3.8, 4) is 0 Å². The molecule has 1 aliphatic heterocycles. The summed E-state index contributed by atoms with van der Waals surface area (Å²) in [5.41, 5.74) is 37.0. The van der Waals surface area contributed by atoms with E-state index in [1.54, 1.807) is 30.3 Å². The molecular weight excluding hydrogens is 519 g/mol. The van der Waals surface area contributed by atoms with E-state index in [-0.39, 0.29) is 19.6 Å². The molecule has 206 valence electrons. The van der Waals surface area contributed by atoms with Crippen LogP contribution in [0.1, 0.15) is 18.9 Å². The fourth-order valence-corrected chi connectivity index (χ4v) is 5.01. The van der Waals surface area contributed by atoms with Crippen molar-refractivity contribution in [1.82, 2.24) is 0 Å². The molecule has 4 unspecified atom stereocenters. The van der Waals surface area contributed by atoms with Gasteiger partial charge < -0.3 is 19.3 Å². The van der Waals surface area contributed by atoms with Crippen LogP contribution in [0.25, 0.3) is 41.8 Å². The Morgan fingerprint density at radius 1 is 1.05 bits per heavy atom. The molecule has 0 amide bonds. The van der Waals surface area contributed by atoms with Crippen LogP contribution in [-0.2, 0) is 25.6 Å². The number of carbonyl (C=O) groups is 1. The van der Waals surface area contributed by atoms with Crippen molar-refractivity contribution >= 4 is 5.97 Å². The minimum Gasteiger partial charge on any atom is -0.459 e. The van der Waals surface area contributed by atoms with Crippen molar-refractivity contribution in [3.63, 3.8) is 0 Å². The van der Waals surface area contributed by atoms with Crippen LogP contribution in [0, 0.1) is 5.92 Å². The average molecular weight is 545 g/mol. The molecule has 0 aromatic heterocycles. The van der Waals surface area contributed by atoms with Gasteiger partial charge in [0.05, 0.1) is 43.5 Å². The molecule has 0 radical (unpaired) electrons. The van der Waals surface area contributed by atoms with Gasteiger partial charge in [-0.3, -0.25) is 4.79 Å². The van der Waals surface area contributed by atoms with E-state index in [1.807, 2.05) is 0 Å². The SMILES string of the molecule is CC(=O)O[C@H]1C(N=[N+]=[N-])CC(N=[N+]=[N-])C([C@H]2O[C@H](CN=[N+]=[N-])[C@@H](OCc3ccccc3)[C@H](F)C2N=[N+]=[N-])[C@@H]1O. The normalized spacial score (nSPS) is 33.7. The van der Waals surface area contributed by atoms with Gasteiger partial charge in [-0.25, -0.2) is 4.39 Å². The van der Waals surface area contributed by atoms with Gasteiger partial charge in [-0.15, -0.1) is 0 Å². The summed E-state index contributed by atoms with van der Waals surface area (Å²) in [6.07, 6.45) is -9.28. The minimum atomic E-state index is -2.01. The first-order chi connectivity index (χ1) is 18.9. The van der Waals surface area contributed by atoms with Crippen LogP contribution in [0.5, 0.6) is 0 Å². The molecule has 1 heterocycles. The first kappa shape index (κ1) is 29.3. The highest BCUT2D eigenvalue weighted by atomic mass is 19.1. The molecule has 2 aliphatic rings. The summed E-state index contributed by atoms with van der Waals surface area (Å²) < 4.78 is 33.2. The second kappa shape index (κ2) is 14.0. The molecule has 17 nitrogen and oxygen atoms in total. The van der Waals surface area contributed by atoms with Crippen LogP contribution >= 0.6 is 0 Å². The van der Waals surface area contributed by atoms with Gasteiger partial charge >= 0.3 is 5.97 Å². The highest BCUT2D eigenvalue weighted by Crippen LogP contribution is 2.41. The summed E-state index contributed by atoms with van der Waals surface area (Å²) in [4.78, 5) is 22.7. The summed E-state index contributed by atoms with van der Waals surface area (Å²) in [6.45, 7) is 0.668. The first-order valence-corrected chi connectivity index (χ1v) is 11.8. The number of aliphatic hydroxyl groups is 1. The lowest BCUT2D eigenvalue weighted by molar-refractivity contribution is -0.216. The van der Waals surface area contributed by atoms with Gasteiger partial charge in [0.25, 0.3) is 0 Å². The largest absolute Gasteiger partial charge is 0.459 e. The number of ether oxygens (including phenoxy) is 3. The molecule has 39 heavy (non-hydrogen) atoms. The van der Waals surface area contributed by atoms with Gasteiger partial charge in [-0.05, 0) is 34.1 Å². The lowest BCUT2D eigenvalue weighted by atomic mass is 9.71. The second-order valence-corrected chi connectivity index (χ2v) is 8.88. The Morgan fingerprint density at radius 3 is 2.33 bits per heavy atom. The van der Waals surface area contributed by atoms with Gasteiger partial charge in [-0.2, -0.15) is 0 Å². The van der Waals surface area contributed by atoms with Crippen molar-refractivity contribution in [2.75, 3.05) is 6.54 Å². The first-order valence-electron chi connectivity index (χ1n) is 11.8. The maximum atomic E-state index is 16.1. The van der Waals surface area contributed by atoms with Gasteiger partial charge in [0.15, 0.2) is 0 Å². The Labute approximate surface area is 220 Å². The number of hydrogen-bond acceptors (Lipinski definition) is 9. The molecule has 2 fully saturated rings. The van der Waals surface area contributed by atoms with Crippen LogP contribution in [0.2, 0.25) is 0 Å². The smallest absolute Gasteiger partial charge is 0.303 e. The maximum absolute atomic E-state index is 16.1. The Kier molecular flexibility index (Phi) is 10.6. The van der Waals surface area contributed by atoms with E-state index >= 15 is 4.39 Å². The number of halogens is 1. The van der Waals surface area contributed by atoms with E-state index in [0.29, 0.717) is 5.56 Å². The third-order valence-electron chi connectivity index (χ3n) is 6.59. The number of aliphatic hydroxyl groups excluding tert-OH is 1. The summed E-state index contributed by atoms with van der Waals surface area (Å²) in [7, 11) is 0. The zero-order valence-corrected chi connectivity index (χ0v) is 20.6. The van der Waals surface area contributed by atoms with Gasteiger partial charge in [0.1, 0.15) is 18.4 Å². The van der Waals surface area contributed by atoms with Crippen LogP contribution in [-0.4, -0.2) is 72.4 Å². The third kappa shape index (κ3) is 6.99. The van der Waals surface area contributed by atoms with E-state index in [0.717, 1.165) is 6.92 Å². The molecule has 1 aliphatic carbocycles. The standard InChI is InChI=1S/C21H25FN12O5/c1-10(35)38-19-13(29-33-25)7-12(28-32-24)15(18(19)36)21-17(30-34-26)16(22)20(14(39-21)8-27-31-23)37-9-11-5-3-2-4-6-11/h2-6,12-21,36H,7-9H2,1H3/t12?,13?,14-,15?,16-,17?,18+,19+,20-,21-/m1/s1. The molecule has 18 heteroatoms. The second-order valence-electron chi connectivity index (χ2n) is 8.88. The van der Waals surface area contributed by atoms with E-state index in [2.05, 4.69) is 40.1 Å². The number of benzene rings is 1. The Balaban J connectivity index is 2.02. The molecule has 0 spiro atoms. The van der Waals surface area contributed by atoms with E-state index < -0.39 is 66.7 Å². The van der Waals surface area contributed by atoms with Crippen LogP contribution in [0.4, 0.5) is 4.39 Å². The number of rotatable bonds is 10. The Bertz CT molecular complexity index is 1200. The monoisotopic (exact) mass is 544 g/mol. The molecule has 1 N–H and O–H groups in total. The highest BCUT2D eigenvalue weighted by Gasteiger charge is 2.56. The fraction of sp³-hybridized carbons (Fsp3) is 0.667. The summed E-state index contributed by atoms with van der Waals surface area (Å²) in [5, 5.41) is 25.6. The summed E-state index contributed by atoms with van der Waals surface area (Å²) in [5.74, 6) is -2.08. The van der Waals surface area contributed by atoms with Gasteiger partial charge in [0, 0.05) is 38.5 Å². The van der Waals surface area contributed by atoms with Crippen molar-refractivity contribution in [2.45, 2.75) is 74.8 Å². The van der Waals surface area contributed by atoms with E-state index in [4.69, 9.17) is 25.3 Å². The van der Waals surface area contributed by atoms with E-state index in [1.165, 1.54) is 0 Å². The molecule has 1 saturated heterocycles. The number of alkyl halides is 1. The predicted octanol–water partition coefficient (Wildman–Crippen LogP) is 4.34. The van der Waals surface area contributed by atoms with Crippen molar-refractivity contribution in [2.24, 2.45) is 26.4 Å². The Hall–Kier alpha value is -4.26. The summed E-state index contributed by atoms with van der Waals surface area (Å²) >= 11 is 0. The van der Waals surface area contributed by atoms with Crippen LogP contribution in [0.15, 0.2) is 50.8 Å². The van der Waals surface area contributed by atoms with Gasteiger partial charge in [0.2, 0.25) is 0 Å². The molecule has 1 saturated carbocycles. The van der Waals surface area contributed by atoms with E-state index in [9.17, 15) is 21.0 Å². The Morgan fingerprint density at radius 2 is 1.72 bits per heavy atom. The molecule has 10 atom stereocenters. The predicted molar refractivity (Wildman–Crippen MR) is 131 cm³/mol. The maximum Gasteiger partial charge on any atom is 0.303 e. The van der Waals surface area contributed by atoms with Crippen LogP contribution in [0.3, 0.4) is 0 Å². The van der Waals surface area contributed by atoms with Crippen molar-refractivity contribution in [3.05, 3.63) is 77.7 Å². The lowest BCUT2D eigenvalue weighted by Crippen LogP contribution is -2.65. The number of azide groups is 4.